The Labute approximate surface area is 252 Å². The molecule has 2 aliphatic heterocycles. The van der Waals surface area contributed by atoms with Gasteiger partial charge in [-0.2, -0.15) is 0 Å². The fourth-order valence-electron chi connectivity index (χ4n) is 6.34. The summed E-state index contributed by atoms with van der Waals surface area (Å²) in [6.07, 6.45) is -0.300. The molecule has 1 N–H and O–H groups in total. The number of fused-ring (bicyclic) bond motifs is 1. The second kappa shape index (κ2) is 11.5. The number of hydrogen-bond acceptors (Lipinski definition) is 7. The first kappa shape index (κ1) is 30.9. The minimum Gasteiger partial charge on any atom is -0.545 e. The average Bonchev–Trinajstić information content (AvgIpc) is 3.25. The van der Waals surface area contributed by atoms with Crippen LogP contribution in [0.15, 0.2) is 54.6 Å². The zero-order valence-electron chi connectivity index (χ0n) is 23.9. The average molecular weight is 615 g/mol. The minimum atomic E-state index is -2.12. The lowest BCUT2D eigenvalue weighted by Crippen LogP contribution is -2.51. The second-order valence-electron chi connectivity index (χ2n) is 10.7. The summed E-state index contributed by atoms with van der Waals surface area (Å²) in [5.74, 6) is -2.86. The molecule has 0 bridgehead atoms. The molecule has 228 valence electrons. The number of carboxylic acid groups (broad SMARTS) is 1. The van der Waals surface area contributed by atoms with Crippen molar-refractivity contribution in [2.75, 3.05) is 27.4 Å². The maximum Gasteiger partial charge on any atom is 0.257 e. The van der Waals surface area contributed by atoms with Crippen molar-refractivity contribution in [2.24, 2.45) is 0 Å². The first-order chi connectivity index (χ1) is 20.5. The van der Waals surface area contributed by atoms with Gasteiger partial charge in [0, 0.05) is 49.3 Å². The number of aromatic carboxylic acids is 1. The van der Waals surface area contributed by atoms with E-state index in [-0.39, 0.29) is 72.6 Å². The molecule has 0 aromatic heterocycles. The summed E-state index contributed by atoms with van der Waals surface area (Å²) in [7, 11) is 2.68. The highest BCUT2D eigenvalue weighted by atomic mass is 35.5. The van der Waals surface area contributed by atoms with E-state index in [1.54, 1.807) is 31.2 Å². The summed E-state index contributed by atoms with van der Waals surface area (Å²) in [6.45, 7) is 1.43. The normalized spacial score (nSPS) is 20.9. The van der Waals surface area contributed by atoms with E-state index in [9.17, 15) is 19.8 Å². The Morgan fingerprint density at radius 2 is 1.81 bits per heavy atom. The molecule has 1 fully saturated rings. The summed E-state index contributed by atoms with van der Waals surface area (Å²) >= 11 is 6.14. The van der Waals surface area contributed by atoms with Gasteiger partial charge in [-0.25, -0.2) is 8.78 Å². The van der Waals surface area contributed by atoms with Crippen LogP contribution in [0.4, 0.5) is 8.78 Å². The molecule has 5 rings (SSSR count). The van der Waals surface area contributed by atoms with Crippen molar-refractivity contribution in [1.82, 2.24) is 4.90 Å². The summed E-state index contributed by atoms with van der Waals surface area (Å²) in [6, 6.07) is 12.9. The molecular formula is C32H31ClF2NO7-. The van der Waals surface area contributed by atoms with Crippen molar-refractivity contribution >= 4 is 23.5 Å². The van der Waals surface area contributed by atoms with Gasteiger partial charge in [0.15, 0.2) is 5.72 Å². The number of methoxy groups -OCH3 is 2. The van der Waals surface area contributed by atoms with Crippen LogP contribution in [0, 0.1) is 5.82 Å². The van der Waals surface area contributed by atoms with Gasteiger partial charge in [0.1, 0.15) is 22.8 Å². The second-order valence-corrected chi connectivity index (χ2v) is 11.2. The number of aliphatic hydroxyl groups is 1. The van der Waals surface area contributed by atoms with E-state index < -0.39 is 34.7 Å². The van der Waals surface area contributed by atoms with Crippen molar-refractivity contribution in [3.05, 3.63) is 98.8 Å². The zero-order chi connectivity index (χ0) is 31.2. The Bertz CT molecular complexity index is 1560. The summed E-state index contributed by atoms with van der Waals surface area (Å²) in [5.41, 5.74) is -6.24. The highest BCUT2D eigenvalue weighted by Gasteiger charge is 2.57. The van der Waals surface area contributed by atoms with Crippen molar-refractivity contribution in [3.63, 3.8) is 0 Å². The van der Waals surface area contributed by atoms with E-state index in [0.717, 1.165) is 6.07 Å². The van der Waals surface area contributed by atoms with Crippen LogP contribution in [0.3, 0.4) is 0 Å². The van der Waals surface area contributed by atoms with Crippen LogP contribution in [0.25, 0.3) is 0 Å². The van der Waals surface area contributed by atoms with Crippen LogP contribution in [0.5, 0.6) is 5.75 Å². The Morgan fingerprint density at radius 1 is 1.14 bits per heavy atom. The number of benzene rings is 3. The van der Waals surface area contributed by atoms with Crippen molar-refractivity contribution in [2.45, 2.75) is 49.7 Å². The van der Waals surface area contributed by atoms with Crippen LogP contribution in [-0.2, 0) is 27.3 Å². The quantitative estimate of drug-likeness (QED) is 0.379. The third-order valence-electron chi connectivity index (χ3n) is 8.70. The number of amides is 1. The van der Waals surface area contributed by atoms with E-state index in [4.69, 9.17) is 25.8 Å². The van der Waals surface area contributed by atoms with Gasteiger partial charge in [-0.1, -0.05) is 36.7 Å². The maximum absolute atomic E-state index is 16.5. The topological polar surface area (TPSA) is 108 Å². The highest BCUT2D eigenvalue weighted by molar-refractivity contribution is 6.30. The summed E-state index contributed by atoms with van der Waals surface area (Å²) in [4.78, 5) is 27.5. The maximum atomic E-state index is 16.5. The van der Waals surface area contributed by atoms with E-state index in [2.05, 4.69) is 0 Å². The number of hydrogen-bond donors (Lipinski definition) is 1. The van der Waals surface area contributed by atoms with Crippen LogP contribution < -0.4 is 9.84 Å². The molecule has 8 nitrogen and oxygen atoms in total. The molecule has 0 radical (unpaired) electrons. The molecule has 1 amide bonds. The van der Waals surface area contributed by atoms with Gasteiger partial charge in [0.25, 0.3) is 5.91 Å². The van der Waals surface area contributed by atoms with Crippen molar-refractivity contribution in [3.8, 4) is 5.75 Å². The lowest BCUT2D eigenvalue weighted by Gasteiger charge is -2.44. The molecule has 0 unspecified atom stereocenters. The third kappa shape index (κ3) is 4.86. The Balaban J connectivity index is 1.73. The summed E-state index contributed by atoms with van der Waals surface area (Å²) in [5, 5.41) is 24.2. The highest BCUT2D eigenvalue weighted by Crippen LogP contribution is 2.51. The van der Waals surface area contributed by atoms with Gasteiger partial charge < -0.3 is 29.2 Å². The Kier molecular flexibility index (Phi) is 8.26. The van der Waals surface area contributed by atoms with Crippen LogP contribution in [-0.4, -0.2) is 55.0 Å². The fourth-order valence-corrected chi connectivity index (χ4v) is 6.47. The third-order valence-corrected chi connectivity index (χ3v) is 8.95. The largest absolute Gasteiger partial charge is 0.545 e. The lowest BCUT2D eigenvalue weighted by molar-refractivity contribution is -0.255. The SMILES string of the molecule is CC[C@@](O)(c1cc(F)c2c(c1)C(=O)N(Cc1ccc(OC)cc1C(=O)[O-])[C@@]2(OC)c1ccc(Cl)cc1)C1(F)CCOCC1. The number of ether oxygens (including phenoxy) is 3. The molecule has 0 aliphatic carbocycles. The Morgan fingerprint density at radius 3 is 2.40 bits per heavy atom. The standard InChI is InChI=1S/C32H32ClF2NO7/c1-4-31(40,30(35)11-13-43-14-12-30)21-15-25-27(26(34)16-21)32(42-3,20-6-8-22(33)9-7-20)36(28(25)37)18-19-5-10-23(41-2)17-24(19)29(38)39/h5-10,15-17,40H,4,11-14,18H2,1-3H3,(H,38,39)/p-1/t31-,32-/m1/s1. The van der Waals surface area contributed by atoms with E-state index >= 15 is 8.78 Å². The number of carbonyl (C=O) groups is 2. The molecule has 0 saturated carbocycles. The van der Waals surface area contributed by atoms with Gasteiger partial charge in [-0.15, -0.1) is 0 Å². The number of rotatable bonds is 9. The van der Waals surface area contributed by atoms with Crippen molar-refractivity contribution in [1.29, 1.82) is 0 Å². The molecule has 2 aliphatic rings. The van der Waals surface area contributed by atoms with Crippen molar-refractivity contribution < 1.29 is 42.8 Å². The van der Waals surface area contributed by atoms with Gasteiger partial charge in [-0.3, -0.25) is 9.69 Å². The molecule has 3 aromatic rings. The fraction of sp³-hybridized carbons (Fsp3) is 0.375. The van der Waals surface area contributed by atoms with Crippen LogP contribution in [0.1, 0.15) is 69.2 Å². The molecule has 11 heteroatoms. The predicted octanol–water partition coefficient (Wildman–Crippen LogP) is 4.47. The molecule has 43 heavy (non-hydrogen) atoms. The lowest BCUT2D eigenvalue weighted by atomic mass is 9.72. The van der Waals surface area contributed by atoms with Gasteiger partial charge in [-0.05, 0) is 53.9 Å². The first-order valence-corrected chi connectivity index (χ1v) is 14.2. The van der Waals surface area contributed by atoms with E-state index in [1.807, 2.05) is 0 Å². The summed E-state index contributed by atoms with van der Waals surface area (Å²) < 4.78 is 49.2. The number of alkyl halides is 1. The molecule has 0 spiro atoms. The molecule has 1 saturated heterocycles. The first-order valence-electron chi connectivity index (χ1n) is 13.8. The number of carbonyl (C=O) groups excluding carboxylic acids is 2. The molecule has 2 atom stereocenters. The number of carboxylic acids is 1. The Hall–Kier alpha value is -3.57. The number of halogens is 3. The smallest absolute Gasteiger partial charge is 0.257 e. The molecule has 3 aromatic carbocycles. The minimum absolute atomic E-state index is 0.0882. The van der Waals surface area contributed by atoms with Gasteiger partial charge in [0.05, 0.1) is 30.8 Å². The zero-order valence-corrected chi connectivity index (χ0v) is 24.7. The van der Waals surface area contributed by atoms with E-state index in [1.165, 1.54) is 43.4 Å². The van der Waals surface area contributed by atoms with E-state index in [0.29, 0.717) is 10.6 Å². The predicted molar refractivity (Wildman–Crippen MR) is 151 cm³/mol. The monoisotopic (exact) mass is 614 g/mol. The number of nitrogens with zero attached hydrogens (tertiary/aromatic N) is 1. The molecule has 2 heterocycles. The van der Waals surface area contributed by atoms with Gasteiger partial charge >= 0.3 is 0 Å². The van der Waals surface area contributed by atoms with Gasteiger partial charge in [0.2, 0.25) is 0 Å². The molecular weight excluding hydrogens is 584 g/mol. The van der Waals surface area contributed by atoms with Crippen LogP contribution in [0.2, 0.25) is 5.02 Å². The van der Waals surface area contributed by atoms with Crippen LogP contribution >= 0.6 is 11.6 Å².